The van der Waals surface area contributed by atoms with E-state index in [1.807, 2.05) is 6.07 Å². The van der Waals surface area contributed by atoms with Crippen LogP contribution in [0.5, 0.6) is 5.75 Å². The summed E-state index contributed by atoms with van der Waals surface area (Å²) in [5.41, 5.74) is 4.11. The molecule has 5 rings (SSSR count). The van der Waals surface area contributed by atoms with Crippen molar-refractivity contribution in [1.29, 1.82) is 0 Å². The van der Waals surface area contributed by atoms with Crippen LogP contribution in [0.3, 0.4) is 0 Å². The third-order valence-corrected chi connectivity index (χ3v) is 5.89. The smallest absolute Gasteiger partial charge is 0.138 e. The molecule has 2 aliphatic rings. The summed E-state index contributed by atoms with van der Waals surface area (Å²) in [5.74, 6) is 1.11. The van der Waals surface area contributed by atoms with Crippen molar-refractivity contribution in [3.8, 4) is 16.9 Å². The average Bonchev–Trinajstić information content (AvgIpc) is 3.23. The van der Waals surface area contributed by atoms with Gasteiger partial charge in [-0.15, -0.1) is 0 Å². The molecular weight excluding hydrogens is 317 g/mol. The summed E-state index contributed by atoms with van der Waals surface area (Å²) in [6.07, 6.45) is 4.15. The van der Waals surface area contributed by atoms with Crippen molar-refractivity contribution in [2.45, 2.75) is 18.3 Å². The number of methoxy groups -OCH3 is 1. The lowest BCUT2D eigenvalue weighted by molar-refractivity contribution is 0.415. The number of nitrogens with zero attached hydrogens (tertiary/aromatic N) is 1. The molecule has 2 aromatic heterocycles. The molecule has 2 fully saturated rings. The molecule has 4 nitrogen and oxygen atoms in total. The molecule has 1 aliphatic carbocycles. The Morgan fingerprint density at radius 3 is 3.00 bits per heavy atom. The van der Waals surface area contributed by atoms with Gasteiger partial charge in [-0.2, -0.15) is 0 Å². The minimum Gasteiger partial charge on any atom is -0.496 e. The number of hydrogen-bond donors (Lipinski definition) is 2. The molecule has 128 valence electrons. The fraction of sp³-hybridized carbons (Fsp3) is 0.350. The van der Waals surface area contributed by atoms with E-state index in [-0.39, 0.29) is 11.2 Å². The molecule has 2 N–H and O–H groups in total. The van der Waals surface area contributed by atoms with Gasteiger partial charge in [-0.3, -0.25) is 0 Å². The highest BCUT2D eigenvalue weighted by Crippen LogP contribution is 2.58. The summed E-state index contributed by atoms with van der Waals surface area (Å²) in [6, 6.07) is 8.77. The fourth-order valence-electron chi connectivity index (χ4n) is 4.43. The molecule has 2 atom stereocenters. The molecule has 0 bridgehead atoms. The van der Waals surface area contributed by atoms with Crippen molar-refractivity contribution in [2.75, 3.05) is 20.2 Å². The number of aromatic nitrogens is 2. The highest BCUT2D eigenvalue weighted by atomic mass is 19.1. The van der Waals surface area contributed by atoms with Gasteiger partial charge in [0.2, 0.25) is 0 Å². The molecule has 0 spiro atoms. The Balaban J connectivity index is 1.67. The maximum absolute atomic E-state index is 13.8. The lowest BCUT2D eigenvalue weighted by Crippen LogP contribution is -2.31. The molecule has 0 amide bonds. The van der Waals surface area contributed by atoms with E-state index >= 15 is 0 Å². The van der Waals surface area contributed by atoms with Gasteiger partial charge >= 0.3 is 0 Å². The quantitative estimate of drug-likeness (QED) is 0.767. The summed E-state index contributed by atoms with van der Waals surface area (Å²) < 4.78 is 19.3. The molecule has 2 unspecified atom stereocenters. The lowest BCUT2D eigenvalue weighted by atomic mass is 9.92. The predicted octanol–water partition coefficient (Wildman–Crippen LogP) is 3.63. The summed E-state index contributed by atoms with van der Waals surface area (Å²) in [4.78, 5) is 8.04. The van der Waals surface area contributed by atoms with Crippen molar-refractivity contribution in [3.05, 3.63) is 48.0 Å². The fourth-order valence-corrected chi connectivity index (χ4v) is 4.43. The van der Waals surface area contributed by atoms with Gasteiger partial charge in [0.15, 0.2) is 0 Å². The number of ether oxygens (including phenoxy) is 1. The minimum atomic E-state index is -0.268. The third kappa shape index (κ3) is 2.19. The number of fused-ring (bicyclic) bond motifs is 2. The first kappa shape index (κ1) is 14.9. The van der Waals surface area contributed by atoms with Gasteiger partial charge in [0.05, 0.1) is 7.11 Å². The van der Waals surface area contributed by atoms with Gasteiger partial charge in [-0.25, -0.2) is 9.37 Å². The number of hydrogen-bond acceptors (Lipinski definition) is 3. The maximum Gasteiger partial charge on any atom is 0.138 e. The number of aromatic amines is 1. The van der Waals surface area contributed by atoms with Crippen LogP contribution in [0.2, 0.25) is 0 Å². The second-order valence-corrected chi connectivity index (χ2v) is 7.16. The Morgan fingerprint density at radius 2 is 2.16 bits per heavy atom. The van der Waals surface area contributed by atoms with Crippen molar-refractivity contribution in [1.82, 2.24) is 15.3 Å². The normalized spacial score (nSPS) is 25.0. The monoisotopic (exact) mass is 337 g/mol. The molecule has 1 saturated carbocycles. The highest BCUT2D eigenvalue weighted by Gasteiger charge is 2.56. The number of rotatable bonds is 3. The summed E-state index contributed by atoms with van der Waals surface area (Å²) in [6.45, 7) is 2.15. The first-order valence-electron chi connectivity index (χ1n) is 8.74. The molecular formula is C20H20FN3O. The van der Waals surface area contributed by atoms with E-state index in [1.54, 1.807) is 19.4 Å². The van der Waals surface area contributed by atoms with Gasteiger partial charge in [0.25, 0.3) is 0 Å². The van der Waals surface area contributed by atoms with Crippen LogP contribution in [0.4, 0.5) is 4.39 Å². The average molecular weight is 337 g/mol. The number of piperidine rings is 1. The number of halogens is 1. The molecule has 1 aromatic carbocycles. The van der Waals surface area contributed by atoms with E-state index < -0.39 is 0 Å². The number of pyridine rings is 1. The van der Waals surface area contributed by atoms with Crippen LogP contribution in [0.25, 0.3) is 22.2 Å². The van der Waals surface area contributed by atoms with Crippen LogP contribution in [0.1, 0.15) is 18.5 Å². The van der Waals surface area contributed by atoms with E-state index in [2.05, 4.69) is 21.4 Å². The van der Waals surface area contributed by atoms with E-state index in [0.29, 0.717) is 11.7 Å². The van der Waals surface area contributed by atoms with Gasteiger partial charge in [0, 0.05) is 28.3 Å². The van der Waals surface area contributed by atoms with Crippen LogP contribution in [0, 0.1) is 11.7 Å². The zero-order chi connectivity index (χ0) is 17.0. The van der Waals surface area contributed by atoms with Crippen molar-refractivity contribution >= 4 is 11.0 Å². The van der Waals surface area contributed by atoms with Gasteiger partial charge < -0.3 is 15.0 Å². The van der Waals surface area contributed by atoms with Crippen molar-refractivity contribution in [2.24, 2.45) is 5.92 Å². The van der Waals surface area contributed by atoms with Crippen LogP contribution in [0.15, 0.2) is 36.5 Å². The van der Waals surface area contributed by atoms with Gasteiger partial charge in [-0.05, 0) is 67.7 Å². The van der Waals surface area contributed by atoms with Crippen LogP contribution >= 0.6 is 0 Å². The zero-order valence-corrected chi connectivity index (χ0v) is 14.1. The second-order valence-electron chi connectivity index (χ2n) is 7.16. The van der Waals surface area contributed by atoms with E-state index in [9.17, 15) is 4.39 Å². The summed E-state index contributed by atoms with van der Waals surface area (Å²) in [5, 5.41) is 4.50. The first-order valence-corrected chi connectivity index (χ1v) is 8.74. The number of benzene rings is 1. The molecule has 0 radical (unpaired) electrons. The number of H-pyrrole nitrogens is 1. The summed E-state index contributed by atoms with van der Waals surface area (Å²) in [7, 11) is 1.61. The van der Waals surface area contributed by atoms with Crippen LogP contribution in [-0.2, 0) is 5.41 Å². The van der Waals surface area contributed by atoms with E-state index in [0.717, 1.165) is 41.7 Å². The van der Waals surface area contributed by atoms with Gasteiger partial charge in [-0.1, -0.05) is 0 Å². The first-order chi connectivity index (χ1) is 12.2. The standard InChI is InChI=1S/C20H20FN3O/c1-25-17-3-2-13(21)8-15(17)14-4-6-23-19-16(14)9-18(24-19)20-5-7-22-11-12(20)10-20/h2-4,6,8-9,12,22H,5,7,10-11H2,1H3,(H,23,24). The second kappa shape index (κ2) is 5.30. The van der Waals surface area contributed by atoms with Crippen LogP contribution < -0.4 is 10.1 Å². The zero-order valence-electron chi connectivity index (χ0n) is 14.1. The summed E-state index contributed by atoms with van der Waals surface area (Å²) >= 11 is 0. The molecule has 1 aliphatic heterocycles. The SMILES string of the molecule is COc1ccc(F)cc1-c1ccnc2[nH]c(C34CCNCC3C4)cc12. The van der Waals surface area contributed by atoms with E-state index in [1.165, 1.54) is 24.2 Å². The third-order valence-electron chi connectivity index (χ3n) is 5.89. The Labute approximate surface area is 145 Å². The predicted molar refractivity (Wildman–Crippen MR) is 95.3 cm³/mol. The lowest BCUT2D eigenvalue weighted by Gasteiger charge is -2.21. The van der Waals surface area contributed by atoms with Crippen molar-refractivity contribution in [3.63, 3.8) is 0 Å². The minimum absolute atomic E-state index is 0.268. The van der Waals surface area contributed by atoms with Crippen LogP contribution in [-0.4, -0.2) is 30.2 Å². The number of nitrogens with one attached hydrogen (secondary N) is 2. The Morgan fingerprint density at radius 1 is 1.24 bits per heavy atom. The van der Waals surface area contributed by atoms with Crippen molar-refractivity contribution < 1.29 is 9.13 Å². The molecule has 3 aromatic rings. The molecule has 25 heavy (non-hydrogen) atoms. The molecule has 5 heteroatoms. The largest absolute Gasteiger partial charge is 0.496 e. The van der Waals surface area contributed by atoms with Gasteiger partial charge in [0.1, 0.15) is 17.2 Å². The molecule has 1 saturated heterocycles. The Bertz CT molecular complexity index is 967. The maximum atomic E-state index is 13.8. The van der Waals surface area contributed by atoms with E-state index in [4.69, 9.17) is 4.74 Å². The Hall–Kier alpha value is -2.40. The molecule has 3 heterocycles. The topological polar surface area (TPSA) is 49.9 Å². The Kier molecular flexibility index (Phi) is 3.16. The highest BCUT2D eigenvalue weighted by molar-refractivity contribution is 5.95.